The van der Waals surface area contributed by atoms with E-state index in [0.29, 0.717) is 0 Å². The molecule has 0 heterocycles. The van der Waals surface area contributed by atoms with E-state index < -0.39 is 8.25 Å². The number of ketones is 1. The van der Waals surface area contributed by atoms with Gasteiger partial charge in [-0.2, -0.15) is 0 Å². The van der Waals surface area contributed by atoms with Crippen molar-refractivity contribution in [3.8, 4) is 0 Å². The van der Waals surface area contributed by atoms with Crippen molar-refractivity contribution in [1.29, 1.82) is 0 Å². The Kier molecular flexibility index (Phi) is 4.53. The minimum atomic E-state index is -2.97. The van der Waals surface area contributed by atoms with E-state index in [4.69, 9.17) is 10.6 Å². The summed E-state index contributed by atoms with van der Waals surface area (Å²) in [6.07, 6.45) is 0. The van der Waals surface area contributed by atoms with Gasteiger partial charge in [-0.15, -0.1) is 0 Å². The number of hydrogen-bond acceptors (Lipinski definition) is 4. The van der Waals surface area contributed by atoms with Crippen LogP contribution in [-0.4, -0.2) is 23.8 Å². The van der Waals surface area contributed by atoms with Crippen molar-refractivity contribution in [3.63, 3.8) is 0 Å². The summed E-state index contributed by atoms with van der Waals surface area (Å²) in [5, 5.41) is 0. The molecule has 5 nitrogen and oxygen atoms in total. The highest BCUT2D eigenvalue weighted by molar-refractivity contribution is 7.32. The Balaban J connectivity index is 3.28. The quantitative estimate of drug-likeness (QED) is 0.501. The second kappa shape index (κ2) is 4.64. The monoisotopic (exact) mass is 153 g/mol. The summed E-state index contributed by atoms with van der Waals surface area (Å²) in [6, 6.07) is 0. The van der Waals surface area contributed by atoms with Gasteiger partial charge in [0, 0.05) is 0 Å². The van der Waals surface area contributed by atoms with Crippen molar-refractivity contribution in [2.24, 2.45) is 5.73 Å². The summed E-state index contributed by atoms with van der Waals surface area (Å²) >= 11 is 0. The summed E-state index contributed by atoms with van der Waals surface area (Å²) < 4.78 is 13.9. The second-order valence-electron chi connectivity index (χ2n) is 1.30. The van der Waals surface area contributed by atoms with Gasteiger partial charge in [0.05, 0.1) is 6.54 Å². The Labute approximate surface area is 52.8 Å². The normalized spacial score (nSPS) is 13.1. The first-order valence-corrected chi connectivity index (χ1v) is 3.50. The summed E-state index contributed by atoms with van der Waals surface area (Å²) in [6.45, 7) is -0.528. The predicted molar refractivity (Wildman–Crippen MR) is 31.2 cm³/mol. The van der Waals surface area contributed by atoms with Crippen LogP contribution in [0.1, 0.15) is 0 Å². The molecule has 0 aliphatic heterocycles. The number of hydrogen-bond donors (Lipinski definition) is 2. The molecule has 6 heteroatoms. The summed E-state index contributed by atoms with van der Waals surface area (Å²) in [5.74, 6) is -0.387. The summed E-state index contributed by atoms with van der Waals surface area (Å²) in [4.78, 5) is 18.3. The van der Waals surface area contributed by atoms with Gasteiger partial charge >= 0.3 is 8.25 Å². The van der Waals surface area contributed by atoms with Crippen LogP contribution in [-0.2, 0) is 13.9 Å². The van der Waals surface area contributed by atoms with Gasteiger partial charge in [0.15, 0.2) is 5.78 Å². The first kappa shape index (κ1) is 8.78. The molecule has 0 aromatic rings. The van der Waals surface area contributed by atoms with Crippen LogP contribution >= 0.6 is 8.25 Å². The fraction of sp³-hybridized carbons (Fsp3) is 0.667. The molecule has 0 bridgehead atoms. The van der Waals surface area contributed by atoms with E-state index >= 15 is 0 Å². The average Bonchev–Trinajstić information content (AvgIpc) is 1.83. The van der Waals surface area contributed by atoms with Gasteiger partial charge in [0.2, 0.25) is 0 Å². The maximum atomic E-state index is 10.2. The lowest BCUT2D eigenvalue weighted by atomic mass is 10.4. The van der Waals surface area contributed by atoms with Crippen molar-refractivity contribution in [1.82, 2.24) is 0 Å². The van der Waals surface area contributed by atoms with Crippen LogP contribution in [0.15, 0.2) is 0 Å². The van der Waals surface area contributed by atoms with E-state index in [2.05, 4.69) is 4.52 Å². The molecule has 0 aromatic heterocycles. The van der Waals surface area contributed by atoms with Gasteiger partial charge in [-0.25, -0.2) is 0 Å². The molecule has 0 saturated heterocycles. The molecule has 0 aliphatic rings. The SMILES string of the molecule is NCC(=O)CO[PH](=O)O. The highest BCUT2D eigenvalue weighted by Gasteiger charge is 1.98. The molecule has 0 saturated carbocycles. The number of nitrogens with two attached hydrogens (primary N) is 1. The standard InChI is InChI=1S/C3H8NO4P/c4-1-3(5)2-8-9(6)7/h9H,1-2,4H2,(H,6,7). The molecule has 1 atom stereocenters. The lowest BCUT2D eigenvalue weighted by Crippen LogP contribution is -2.17. The molecular formula is C3H8NO4P. The molecule has 0 amide bonds. The van der Waals surface area contributed by atoms with Crippen molar-refractivity contribution >= 4 is 14.0 Å². The van der Waals surface area contributed by atoms with E-state index in [1.807, 2.05) is 0 Å². The molecule has 0 aromatic carbocycles. The zero-order valence-electron chi connectivity index (χ0n) is 4.66. The smallest absolute Gasteiger partial charge is 0.317 e. The van der Waals surface area contributed by atoms with Crippen molar-refractivity contribution in [2.45, 2.75) is 0 Å². The van der Waals surface area contributed by atoms with E-state index in [9.17, 15) is 9.36 Å². The molecular weight excluding hydrogens is 145 g/mol. The second-order valence-corrected chi connectivity index (χ2v) is 2.12. The minimum absolute atomic E-state index is 0.158. The third-order valence-electron chi connectivity index (χ3n) is 0.584. The molecule has 9 heavy (non-hydrogen) atoms. The van der Waals surface area contributed by atoms with Gasteiger partial charge in [0.25, 0.3) is 0 Å². The summed E-state index contributed by atoms with van der Waals surface area (Å²) in [5.41, 5.74) is 4.86. The first-order valence-electron chi connectivity index (χ1n) is 2.24. The molecule has 0 fully saturated rings. The predicted octanol–water partition coefficient (Wildman–Crippen LogP) is -1.09. The zero-order chi connectivity index (χ0) is 7.28. The number of rotatable bonds is 4. The summed E-state index contributed by atoms with van der Waals surface area (Å²) in [7, 11) is -2.97. The van der Waals surface area contributed by atoms with Crippen LogP contribution in [0.2, 0.25) is 0 Å². The minimum Gasteiger partial charge on any atom is -0.326 e. The maximum Gasteiger partial charge on any atom is 0.317 e. The zero-order valence-corrected chi connectivity index (χ0v) is 5.66. The van der Waals surface area contributed by atoms with Crippen molar-refractivity contribution in [2.75, 3.05) is 13.2 Å². The molecule has 0 spiro atoms. The highest BCUT2D eigenvalue weighted by atomic mass is 31.1. The van der Waals surface area contributed by atoms with Crippen LogP contribution in [0.3, 0.4) is 0 Å². The van der Waals surface area contributed by atoms with Crippen LogP contribution in [0.5, 0.6) is 0 Å². The third-order valence-corrected chi connectivity index (χ3v) is 0.976. The molecule has 54 valence electrons. The average molecular weight is 153 g/mol. The number of carbonyl (C=O) groups is 1. The third kappa shape index (κ3) is 5.65. The molecule has 0 rings (SSSR count). The fourth-order valence-electron chi connectivity index (χ4n) is 0.201. The van der Waals surface area contributed by atoms with Crippen LogP contribution in [0, 0.1) is 0 Å². The Morgan fingerprint density at radius 2 is 2.33 bits per heavy atom. The van der Waals surface area contributed by atoms with E-state index in [0.717, 1.165) is 0 Å². The van der Waals surface area contributed by atoms with Crippen molar-refractivity contribution in [3.05, 3.63) is 0 Å². The fourth-order valence-corrected chi connectivity index (χ4v) is 0.486. The van der Waals surface area contributed by atoms with E-state index in [-0.39, 0.29) is 18.9 Å². The Bertz CT molecular complexity index is 125. The number of carbonyl (C=O) groups excluding carboxylic acids is 1. The van der Waals surface area contributed by atoms with E-state index in [1.54, 1.807) is 0 Å². The van der Waals surface area contributed by atoms with Crippen LogP contribution in [0.4, 0.5) is 0 Å². The van der Waals surface area contributed by atoms with Crippen LogP contribution in [0.25, 0.3) is 0 Å². The van der Waals surface area contributed by atoms with E-state index in [1.165, 1.54) is 0 Å². The maximum absolute atomic E-state index is 10.2. The lowest BCUT2D eigenvalue weighted by Gasteiger charge is -1.94. The Hall–Kier alpha value is -0.220. The van der Waals surface area contributed by atoms with Crippen LogP contribution < -0.4 is 5.73 Å². The molecule has 3 N–H and O–H groups in total. The molecule has 0 aliphatic carbocycles. The molecule has 1 unspecified atom stereocenters. The number of Topliss-reactive ketones (excluding diaryl/α,β-unsaturated/α-hetero) is 1. The first-order chi connectivity index (χ1) is 4.16. The van der Waals surface area contributed by atoms with Gasteiger partial charge in [0.1, 0.15) is 6.61 Å². The van der Waals surface area contributed by atoms with Gasteiger partial charge in [-0.3, -0.25) is 9.36 Å². The van der Waals surface area contributed by atoms with Gasteiger partial charge in [-0.05, 0) is 0 Å². The van der Waals surface area contributed by atoms with Gasteiger partial charge in [-0.1, -0.05) is 0 Å². The highest BCUT2D eigenvalue weighted by Crippen LogP contribution is 2.12. The largest absolute Gasteiger partial charge is 0.326 e. The lowest BCUT2D eigenvalue weighted by molar-refractivity contribution is -0.119. The Morgan fingerprint density at radius 1 is 1.78 bits per heavy atom. The Morgan fingerprint density at radius 3 is 2.67 bits per heavy atom. The van der Waals surface area contributed by atoms with Gasteiger partial charge < -0.3 is 15.2 Å². The topological polar surface area (TPSA) is 89.6 Å². The molecule has 0 radical (unpaired) electrons. The van der Waals surface area contributed by atoms with Crippen molar-refractivity contribution < 1.29 is 18.8 Å².